The molecule has 6 aromatic heterocycles. The van der Waals surface area contributed by atoms with E-state index in [1.807, 2.05) is 30.7 Å². The van der Waals surface area contributed by atoms with Crippen LogP contribution in [0.5, 0.6) is 23.0 Å². The Morgan fingerprint density at radius 2 is 0.901 bits per heavy atom. The molecule has 0 aliphatic carbocycles. The standard InChI is InChI=1S/C24H16F6N6O.C24H19F3N6O/c1-36-19-7-6-15(10-17(19)34-22(36)33-14-4-2-13(3-5-14)23(25,26)27)37-16-8-9-31-18(11-16)21-32-12-20(35-21)24(28,29)30;1-14-13-29-22(30-14)20-12-18(9-10-28-20)34-17-7-8-21-19(11-17)32-23(33(21)2)31-16-5-3-15(4-6-16)24(25,26)27/h2-12H,1H3,(H,32,35)(H,33,34);3-13H,1-2H3,(H,29,30)(H,31,32). The molecule has 10 aromatic rings. The van der Waals surface area contributed by atoms with Gasteiger partial charge in [-0.05, 0) is 91.9 Å². The largest absolute Gasteiger partial charge is 0.457 e. The average Bonchev–Trinajstić information content (AvgIpc) is 4.13. The Morgan fingerprint density at radius 3 is 1.30 bits per heavy atom. The number of halogens is 9. The van der Waals surface area contributed by atoms with E-state index in [2.05, 4.69) is 50.5 Å². The minimum atomic E-state index is -4.56. The van der Waals surface area contributed by atoms with E-state index in [9.17, 15) is 39.5 Å². The van der Waals surface area contributed by atoms with E-state index in [1.165, 1.54) is 42.6 Å². The van der Waals surface area contributed by atoms with Gasteiger partial charge in [0.25, 0.3) is 0 Å². The zero-order valence-electron chi connectivity index (χ0n) is 37.0. The van der Waals surface area contributed by atoms with Gasteiger partial charge in [0.2, 0.25) is 11.9 Å². The molecular formula is C48H35F9N12O2. The fraction of sp³-hybridized carbons (Fsp3) is 0.125. The first-order valence-corrected chi connectivity index (χ1v) is 21.0. The number of nitrogens with one attached hydrogen (secondary N) is 4. The van der Waals surface area contributed by atoms with Crippen molar-refractivity contribution in [2.45, 2.75) is 25.5 Å². The van der Waals surface area contributed by atoms with Crippen molar-refractivity contribution in [1.29, 1.82) is 0 Å². The van der Waals surface area contributed by atoms with E-state index in [-0.39, 0.29) is 11.5 Å². The quantitative estimate of drug-likeness (QED) is 0.0971. The highest BCUT2D eigenvalue weighted by Crippen LogP contribution is 2.35. The number of rotatable bonds is 10. The molecule has 0 atom stereocenters. The minimum absolute atomic E-state index is 0.0584. The van der Waals surface area contributed by atoms with E-state index < -0.39 is 35.3 Å². The molecule has 10 rings (SSSR count). The number of aromatic nitrogens is 10. The molecule has 0 spiro atoms. The lowest BCUT2D eigenvalue weighted by atomic mass is 10.2. The Balaban J connectivity index is 0.000000176. The molecule has 23 heteroatoms. The lowest BCUT2D eigenvalue weighted by Crippen LogP contribution is -2.05. The van der Waals surface area contributed by atoms with Gasteiger partial charge in [0.1, 0.15) is 40.1 Å². The highest BCUT2D eigenvalue weighted by Gasteiger charge is 2.34. The second-order valence-electron chi connectivity index (χ2n) is 15.7. The molecule has 4 N–H and O–H groups in total. The van der Waals surface area contributed by atoms with Crippen molar-refractivity contribution in [3.05, 3.63) is 156 Å². The fourth-order valence-corrected chi connectivity index (χ4v) is 7.07. The molecule has 6 heterocycles. The molecule has 0 unspecified atom stereocenters. The van der Waals surface area contributed by atoms with Crippen LogP contribution in [0.4, 0.5) is 62.8 Å². The van der Waals surface area contributed by atoms with E-state index in [0.717, 1.165) is 41.0 Å². The third-order valence-corrected chi connectivity index (χ3v) is 10.6. The second-order valence-corrected chi connectivity index (χ2v) is 15.7. The third-order valence-electron chi connectivity index (χ3n) is 10.6. The Morgan fingerprint density at radius 1 is 0.479 bits per heavy atom. The number of H-pyrrole nitrogens is 2. The van der Waals surface area contributed by atoms with Crippen LogP contribution >= 0.6 is 0 Å². The number of aryl methyl sites for hydroxylation is 3. The highest BCUT2D eigenvalue weighted by atomic mass is 19.4. The van der Waals surface area contributed by atoms with Crippen LogP contribution in [0.1, 0.15) is 22.5 Å². The van der Waals surface area contributed by atoms with Gasteiger partial charge in [-0.2, -0.15) is 39.5 Å². The Hall–Kier alpha value is -8.89. The van der Waals surface area contributed by atoms with Crippen LogP contribution in [-0.4, -0.2) is 49.0 Å². The van der Waals surface area contributed by atoms with E-state index >= 15 is 0 Å². The smallest absolute Gasteiger partial charge is 0.432 e. The van der Waals surface area contributed by atoms with Gasteiger partial charge in [0, 0.05) is 74.0 Å². The summed E-state index contributed by atoms with van der Waals surface area (Å²) in [5.41, 5.74) is 3.02. The number of alkyl halides is 9. The summed E-state index contributed by atoms with van der Waals surface area (Å²) < 4.78 is 131. The van der Waals surface area contributed by atoms with E-state index in [0.29, 0.717) is 75.0 Å². The Bertz CT molecular complexity index is 3500. The van der Waals surface area contributed by atoms with Crippen molar-refractivity contribution in [3.63, 3.8) is 0 Å². The number of nitrogens with zero attached hydrogens (tertiary/aromatic N) is 8. The van der Waals surface area contributed by atoms with Crippen molar-refractivity contribution in [2.75, 3.05) is 10.6 Å². The predicted octanol–water partition coefficient (Wildman–Crippen LogP) is 13.2. The van der Waals surface area contributed by atoms with Crippen LogP contribution in [0.25, 0.3) is 45.1 Å². The van der Waals surface area contributed by atoms with Crippen molar-refractivity contribution in [2.24, 2.45) is 14.1 Å². The van der Waals surface area contributed by atoms with Crippen LogP contribution in [0.3, 0.4) is 0 Å². The molecule has 0 amide bonds. The molecule has 0 saturated heterocycles. The van der Waals surface area contributed by atoms with Crippen molar-refractivity contribution in [1.82, 2.24) is 49.0 Å². The summed E-state index contributed by atoms with van der Waals surface area (Å²) in [6, 6.07) is 26.5. The number of ether oxygens (including phenoxy) is 2. The summed E-state index contributed by atoms with van der Waals surface area (Å²) in [6.45, 7) is 1.92. The number of hydrogen-bond acceptors (Lipinski definition) is 10. The van der Waals surface area contributed by atoms with Gasteiger partial charge in [0.15, 0.2) is 11.6 Å². The first-order chi connectivity index (χ1) is 33.7. The first-order valence-electron chi connectivity index (χ1n) is 21.0. The van der Waals surface area contributed by atoms with Gasteiger partial charge in [-0.25, -0.2) is 19.9 Å². The third kappa shape index (κ3) is 10.7. The monoisotopic (exact) mass is 982 g/mol. The molecule has 4 aromatic carbocycles. The molecule has 0 saturated carbocycles. The lowest BCUT2D eigenvalue weighted by molar-refractivity contribution is -0.141. The van der Waals surface area contributed by atoms with Gasteiger partial charge in [-0.15, -0.1) is 0 Å². The number of imidazole rings is 4. The van der Waals surface area contributed by atoms with E-state index in [1.54, 1.807) is 60.4 Å². The molecule has 362 valence electrons. The zero-order chi connectivity index (χ0) is 50.2. The molecule has 0 fully saturated rings. The van der Waals surface area contributed by atoms with Crippen LogP contribution in [0.2, 0.25) is 0 Å². The number of fused-ring (bicyclic) bond motifs is 2. The van der Waals surface area contributed by atoms with Crippen molar-refractivity contribution >= 4 is 45.3 Å². The van der Waals surface area contributed by atoms with Crippen LogP contribution in [-0.2, 0) is 32.6 Å². The maximum Gasteiger partial charge on any atom is 0.432 e. The van der Waals surface area contributed by atoms with Gasteiger partial charge >= 0.3 is 18.5 Å². The van der Waals surface area contributed by atoms with E-state index in [4.69, 9.17) is 9.47 Å². The number of aromatic amines is 2. The molecule has 0 aliphatic heterocycles. The summed E-state index contributed by atoms with van der Waals surface area (Å²) >= 11 is 0. The topological polar surface area (TPSA) is 161 Å². The number of benzene rings is 4. The first kappa shape index (κ1) is 47.2. The summed E-state index contributed by atoms with van der Waals surface area (Å²) in [4.78, 5) is 30.8. The minimum Gasteiger partial charge on any atom is -0.457 e. The number of anilines is 4. The van der Waals surface area contributed by atoms with Gasteiger partial charge in [-0.1, -0.05) is 0 Å². The normalized spacial score (nSPS) is 11.9. The lowest BCUT2D eigenvalue weighted by Gasteiger charge is -2.09. The summed E-state index contributed by atoms with van der Waals surface area (Å²) in [5, 5.41) is 6.05. The zero-order valence-corrected chi connectivity index (χ0v) is 37.0. The molecule has 71 heavy (non-hydrogen) atoms. The Labute approximate surface area is 395 Å². The molecule has 0 radical (unpaired) electrons. The molecule has 0 bridgehead atoms. The van der Waals surface area contributed by atoms with Crippen molar-refractivity contribution < 1.29 is 49.0 Å². The van der Waals surface area contributed by atoms with Crippen molar-refractivity contribution in [3.8, 4) is 46.0 Å². The predicted molar refractivity (Wildman–Crippen MR) is 244 cm³/mol. The SMILES string of the molecule is Cc1cnc(-c2cc(Oc3ccc4c(c3)nc(Nc3ccc(C(F)(F)F)cc3)n4C)ccn2)[nH]1.Cn1c(Nc2ccc(C(F)(F)F)cc2)nc2cc(Oc3ccnc(-c4ncc(C(F)(F)F)[nH]4)c3)ccc21. The molecule has 0 aliphatic rings. The Kier molecular flexibility index (Phi) is 12.3. The molecular weight excluding hydrogens is 948 g/mol. The molecule has 14 nitrogen and oxygen atoms in total. The maximum absolute atomic E-state index is 12.9. The van der Waals surface area contributed by atoms with Gasteiger partial charge in [0.05, 0.1) is 39.4 Å². The summed E-state index contributed by atoms with van der Waals surface area (Å²) in [6.07, 6.45) is -7.91. The fourth-order valence-electron chi connectivity index (χ4n) is 7.07. The van der Waals surface area contributed by atoms with Crippen LogP contribution in [0.15, 0.2) is 134 Å². The van der Waals surface area contributed by atoms with Crippen LogP contribution < -0.4 is 20.1 Å². The van der Waals surface area contributed by atoms with Crippen LogP contribution in [0, 0.1) is 6.92 Å². The highest BCUT2D eigenvalue weighted by molar-refractivity contribution is 5.82. The average molecular weight is 983 g/mol. The maximum atomic E-state index is 12.9. The number of hydrogen-bond donors (Lipinski definition) is 4. The summed E-state index contributed by atoms with van der Waals surface area (Å²) in [7, 11) is 3.57. The van der Waals surface area contributed by atoms with Gasteiger partial charge in [-0.3, -0.25) is 9.97 Å². The summed E-state index contributed by atoms with van der Waals surface area (Å²) in [5.74, 6) is 3.38. The van der Waals surface area contributed by atoms with Gasteiger partial charge < -0.3 is 39.2 Å². The number of pyridine rings is 2. The second kappa shape index (κ2) is 18.5.